The fourth-order valence-electron chi connectivity index (χ4n) is 1.67. The van der Waals surface area contributed by atoms with Gasteiger partial charge in [0.1, 0.15) is 0 Å². The van der Waals surface area contributed by atoms with E-state index in [9.17, 15) is 9.59 Å². The topological polar surface area (TPSA) is 58.2 Å². The van der Waals surface area contributed by atoms with Gasteiger partial charge in [0.2, 0.25) is 5.91 Å². The van der Waals surface area contributed by atoms with Crippen molar-refractivity contribution in [3.05, 3.63) is 29.8 Å². The summed E-state index contributed by atoms with van der Waals surface area (Å²) < 4.78 is 0. The number of rotatable bonds is 7. The van der Waals surface area contributed by atoms with E-state index in [1.807, 2.05) is 13.8 Å². The molecule has 20 heavy (non-hydrogen) atoms. The van der Waals surface area contributed by atoms with Crippen LogP contribution < -0.4 is 10.6 Å². The molecule has 4 heteroatoms. The zero-order valence-corrected chi connectivity index (χ0v) is 12.5. The Balaban J connectivity index is 2.49. The van der Waals surface area contributed by atoms with Crippen molar-refractivity contribution >= 4 is 17.5 Å². The zero-order chi connectivity index (χ0) is 15.0. The molecule has 0 aliphatic carbocycles. The van der Waals surface area contributed by atoms with Crippen molar-refractivity contribution in [2.45, 2.75) is 40.0 Å². The predicted molar refractivity (Wildman–Crippen MR) is 81.8 cm³/mol. The van der Waals surface area contributed by atoms with E-state index in [-0.39, 0.29) is 17.7 Å². The Morgan fingerprint density at radius 2 is 1.75 bits per heavy atom. The monoisotopic (exact) mass is 276 g/mol. The maximum Gasteiger partial charge on any atom is 0.251 e. The second kappa shape index (κ2) is 8.35. The first-order valence-corrected chi connectivity index (χ1v) is 7.23. The molecule has 0 fully saturated rings. The fourth-order valence-corrected chi connectivity index (χ4v) is 1.67. The van der Waals surface area contributed by atoms with Crippen LogP contribution in [0.1, 0.15) is 50.4 Å². The smallest absolute Gasteiger partial charge is 0.251 e. The fraction of sp³-hybridized carbons (Fsp3) is 0.500. The standard InChI is InChI=1S/C16H24N2O2/c1-4-5-6-11-17-16(20)13-7-9-14(10-8-13)18-15(19)12(2)3/h7-10,12H,4-6,11H2,1-3H3,(H,17,20)(H,18,19). The highest BCUT2D eigenvalue weighted by Crippen LogP contribution is 2.11. The van der Waals surface area contributed by atoms with Gasteiger partial charge in [0.15, 0.2) is 0 Å². The van der Waals surface area contributed by atoms with Gasteiger partial charge in [-0.05, 0) is 30.7 Å². The van der Waals surface area contributed by atoms with Gasteiger partial charge in [0, 0.05) is 23.7 Å². The van der Waals surface area contributed by atoms with Crippen LogP contribution in [-0.2, 0) is 4.79 Å². The van der Waals surface area contributed by atoms with Crippen LogP contribution in [0.2, 0.25) is 0 Å². The third kappa shape index (κ3) is 5.43. The molecule has 0 saturated carbocycles. The van der Waals surface area contributed by atoms with E-state index in [1.165, 1.54) is 0 Å². The molecule has 1 aromatic rings. The van der Waals surface area contributed by atoms with E-state index in [1.54, 1.807) is 24.3 Å². The molecule has 0 bridgehead atoms. The Kier molecular flexibility index (Phi) is 6.77. The highest BCUT2D eigenvalue weighted by Gasteiger charge is 2.08. The number of hydrogen-bond donors (Lipinski definition) is 2. The van der Waals surface area contributed by atoms with Gasteiger partial charge in [-0.15, -0.1) is 0 Å². The van der Waals surface area contributed by atoms with E-state index in [2.05, 4.69) is 17.6 Å². The Morgan fingerprint density at radius 1 is 1.10 bits per heavy atom. The minimum atomic E-state index is -0.0668. The van der Waals surface area contributed by atoms with Gasteiger partial charge >= 0.3 is 0 Å². The summed E-state index contributed by atoms with van der Waals surface area (Å²) in [6.07, 6.45) is 3.27. The van der Waals surface area contributed by atoms with Crippen molar-refractivity contribution in [1.82, 2.24) is 5.32 Å². The lowest BCUT2D eigenvalue weighted by molar-refractivity contribution is -0.118. The zero-order valence-electron chi connectivity index (χ0n) is 12.5. The Hall–Kier alpha value is -1.84. The van der Waals surface area contributed by atoms with Gasteiger partial charge in [-0.1, -0.05) is 33.6 Å². The van der Waals surface area contributed by atoms with Crippen LogP contribution in [0, 0.1) is 5.92 Å². The molecule has 1 aromatic carbocycles. The summed E-state index contributed by atoms with van der Waals surface area (Å²) in [4.78, 5) is 23.4. The molecule has 0 saturated heterocycles. The van der Waals surface area contributed by atoms with Gasteiger partial charge in [0.05, 0.1) is 0 Å². The van der Waals surface area contributed by atoms with Gasteiger partial charge in [-0.2, -0.15) is 0 Å². The first kappa shape index (κ1) is 16.2. The number of nitrogens with one attached hydrogen (secondary N) is 2. The lowest BCUT2D eigenvalue weighted by atomic mass is 10.1. The minimum absolute atomic E-state index is 0.0261. The van der Waals surface area contributed by atoms with Crippen LogP contribution in [0.15, 0.2) is 24.3 Å². The largest absolute Gasteiger partial charge is 0.352 e. The lowest BCUT2D eigenvalue weighted by Crippen LogP contribution is -2.24. The van der Waals surface area contributed by atoms with Gasteiger partial charge in [-0.25, -0.2) is 0 Å². The molecule has 0 radical (unpaired) electrons. The molecule has 0 unspecified atom stereocenters. The summed E-state index contributed by atoms with van der Waals surface area (Å²) in [5, 5.41) is 5.68. The number of hydrogen-bond acceptors (Lipinski definition) is 2. The highest BCUT2D eigenvalue weighted by atomic mass is 16.2. The Bertz CT molecular complexity index is 438. The van der Waals surface area contributed by atoms with Crippen LogP contribution in [0.3, 0.4) is 0 Å². The molecular formula is C16H24N2O2. The van der Waals surface area contributed by atoms with E-state index < -0.39 is 0 Å². The SMILES string of the molecule is CCCCCNC(=O)c1ccc(NC(=O)C(C)C)cc1. The van der Waals surface area contributed by atoms with Crippen LogP contribution in [0.25, 0.3) is 0 Å². The van der Waals surface area contributed by atoms with E-state index in [0.29, 0.717) is 17.8 Å². The number of anilines is 1. The summed E-state index contributed by atoms with van der Waals surface area (Å²) in [6, 6.07) is 6.96. The van der Waals surface area contributed by atoms with Crippen LogP contribution >= 0.6 is 0 Å². The van der Waals surface area contributed by atoms with Crippen molar-refractivity contribution in [3.8, 4) is 0 Å². The van der Waals surface area contributed by atoms with Gasteiger partial charge in [0.25, 0.3) is 5.91 Å². The molecule has 0 aromatic heterocycles. The van der Waals surface area contributed by atoms with E-state index in [4.69, 9.17) is 0 Å². The molecule has 1 rings (SSSR count). The molecule has 0 atom stereocenters. The second-order valence-electron chi connectivity index (χ2n) is 5.18. The molecule has 4 nitrogen and oxygen atoms in total. The van der Waals surface area contributed by atoms with Crippen molar-refractivity contribution in [1.29, 1.82) is 0 Å². The number of carbonyl (C=O) groups excluding carboxylic acids is 2. The van der Waals surface area contributed by atoms with E-state index in [0.717, 1.165) is 19.3 Å². The summed E-state index contributed by atoms with van der Waals surface area (Å²) in [5.41, 5.74) is 1.33. The summed E-state index contributed by atoms with van der Waals surface area (Å²) in [6.45, 7) is 6.52. The van der Waals surface area contributed by atoms with Crippen LogP contribution in [-0.4, -0.2) is 18.4 Å². The van der Waals surface area contributed by atoms with Crippen LogP contribution in [0.4, 0.5) is 5.69 Å². The number of amides is 2. The molecular weight excluding hydrogens is 252 g/mol. The summed E-state index contributed by atoms with van der Waals surface area (Å²) in [7, 11) is 0. The third-order valence-electron chi connectivity index (χ3n) is 3.00. The third-order valence-corrected chi connectivity index (χ3v) is 3.00. The Morgan fingerprint density at radius 3 is 2.30 bits per heavy atom. The number of carbonyl (C=O) groups is 2. The second-order valence-corrected chi connectivity index (χ2v) is 5.18. The van der Waals surface area contributed by atoms with Crippen molar-refractivity contribution in [3.63, 3.8) is 0 Å². The minimum Gasteiger partial charge on any atom is -0.352 e. The first-order valence-electron chi connectivity index (χ1n) is 7.23. The maximum atomic E-state index is 11.9. The van der Waals surface area contributed by atoms with Gasteiger partial charge < -0.3 is 10.6 Å². The lowest BCUT2D eigenvalue weighted by Gasteiger charge is -2.09. The average molecular weight is 276 g/mol. The molecule has 0 aliphatic heterocycles. The van der Waals surface area contributed by atoms with E-state index >= 15 is 0 Å². The number of benzene rings is 1. The summed E-state index contributed by atoms with van der Waals surface area (Å²) in [5.74, 6) is -0.152. The number of unbranched alkanes of at least 4 members (excludes halogenated alkanes) is 2. The molecule has 2 N–H and O–H groups in total. The van der Waals surface area contributed by atoms with Crippen molar-refractivity contribution in [2.75, 3.05) is 11.9 Å². The predicted octanol–water partition coefficient (Wildman–Crippen LogP) is 3.20. The van der Waals surface area contributed by atoms with Gasteiger partial charge in [-0.3, -0.25) is 9.59 Å². The molecule has 0 aliphatic rings. The average Bonchev–Trinajstić information content (AvgIpc) is 2.44. The molecule has 0 heterocycles. The molecule has 110 valence electrons. The first-order chi connectivity index (χ1) is 9.54. The summed E-state index contributed by atoms with van der Waals surface area (Å²) >= 11 is 0. The Labute approximate surface area is 121 Å². The van der Waals surface area contributed by atoms with Crippen LogP contribution in [0.5, 0.6) is 0 Å². The van der Waals surface area contributed by atoms with Crippen molar-refractivity contribution < 1.29 is 9.59 Å². The molecule has 2 amide bonds. The normalized spacial score (nSPS) is 10.4. The highest BCUT2D eigenvalue weighted by molar-refractivity contribution is 5.96. The molecule has 0 spiro atoms. The van der Waals surface area contributed by atoms with Crippen molar-refractivity contribution in [2.24, 2.45) is 5.92 Å². The maximum absolute atomic E-state index is 11.9. The quantitative estimate of drug-likeness (QED) is 0.751.